The minimum Gasteiger partial charge on any atom is -0.347 e. The largest absolute Gasteiger partial charge is 0.347 e. The second-order valence-corrected chi connectivity index (χ2v) is 6.34. The zero-order valence-electron chi connectivity index (χ0n) is 11.3. The van der Waals surface area contributed by atoms with Gasteiger partial charge >= 0.3 is 0 Å². The molecule has 2 aromatic heterocycles. The molecule has 0 aromatic carbocycles. The lowest BCUT2D eigenvalue weighted by Crippen LogP contribution is -2.20. The highest BCUT2D eigenvalue weighted by atomic mass is 32.1. The number of nitrogens with one attached hydrogen (secondary N) is 2. The van der Waals surface area contributed by atoms with E-state index in [4.69, 9.17) is 4.98 Å². The van der Waals surface area contributed by atoms with Crippen molar-refractivity contribution in [3.63, 3.8) is 0 Å². The van der Waals surface area contributed by atoms with Gasteiger partial charge in [0.05, 0.1) is 16.7 Å². The Morgan fingerprint density at radius 1 is 1.44 bits per heavy atom. The Kier molecular flexibility index (Phi) is 3.82. The van der Waals surface area contributed by atoms with Gasteiger partial charge in [0, 0.05) is 29.6 Å². The molecule has 5 heteroatoms. The van der Waals surface area contributed by atoms with E-state index in [1.807, 2.05) is 13.2 Å². The van der Waals surface area contributed by atoms with Crippen LogP contribution in [0.15, 0.2) is 17.8 Å². The molecule has 0 amide bonds. The molecule has 2 heterocycles. The lowest BCUT2D eigenvalue weighted by molar-refractivity contribution is 0.548. The van der Waals surface area contributed by atoms with Crippen LogP contribution in [0.4, 0.5) is 0 Å². The highest BCUT2D eigenvalue weighted by Crippen LogP contribution is 2.25. The molecule has 0 bridgehead atoms. The van der Waals surface area contributed by atoms with E-state index < -0.39 is 0 Å². The third-order valence-electron chi connectivity index (χ3n) is 2.90. The van der Waals surface area contributed by atoms with E-state index in [0.717, 1.165) is 22.9 Å². The van der Waals surface area contributed by atoms with Gasteiger partial charge in [0.25, 0.3) is 0 Å². The molecule has 2 aromatic rings. The van der Waals surface area contributed by atoms with Crippen molar-refractivity contribution in [1.82, 2.24) is 20.3 Å². The number of aromatic amines is 1. The van der Waals surface area contributed by atoms with E-state index in [2.05, 4.69) is 41.4 Å². The van der Waals surface area contributed by atoms with Gasteiger partial charge in [-0.15, -0.1) is 11.3 Å². The summed E-state index contributed by atoms with van der Waals surface area (Å²) in [5.74, 6) is 0.963. The van der Waals surface area contributed by atoms with Gasteiger partial charge in [-0.3, -0.25) is 0 Å². The zero-order valence-corrected chi connectivity index (χ0v) is 12.1. The molecule has 0 aliphatic carbocycles. The summed E-state index contributed by atoms with van der Waals surface area (Å²) in [5, 5.41) is 6.58. The second-order valence-electron chi connectivity index (χ2n) is 5.40. The standard InChI is InChI=1S/C13H20N4S/c1-13(2,3)10-8-18-11(17-10)7-9(14-4)12-15-5-6-16-12/h5-6,8-9,14H,7H2,1-4H3,(H,15,16). The first-order valence-electron chi connectivity index (χ1n) is 6.12. The summed E-state index contributed by atoms with van der Waals surface area (Å²) in [6.07, 6.45) is 4.50. The van der Waals surface area contributed by atoms with Gasteiger partial charge in [-0.1, -0.05) is 20.8 Å². The van der Waals surface area contributed by atoms with E-state index in [1.54, 1.807) is 17.5 Å². The van der Waals surface area contributed by atoms with Crippen molar-refractivity contribution in [2.75, 3.05) is 7.05 Å². The quantitative estimate of drug-likeness (QED) is 0.892. The van der Waals surface area contributed by atoms with Crippen molar-refractivity contribution in [2.45, 2.75) is 38.6 Å². The third-order valence-corrected chi connectivity index (χ3v) is 3.77. The fourth-order valence-corrected chi connectivity index (χ4v) is 2.80. The maximum Gasteiger partial charge on any atom is 0.123 e. The molecule has 0 fully saturated rings. The van der Waals surface area contributed by atoms with Crippen LogP contribution in [0.1, 0.15) is 43.3 Å². The number of likely N-dealkylation sites (N-methyl/N-ethyl adjacent to an activating group) is 1. The number of hydrogen-bond acceptors (Lipinski definition) is 4. The predicted octanol–water partition coefficient (Wildman–Crippen LogP) is 2.67. The highest BCUT2D eigenvalue weighted by molar-refractivity contribution is 7.09. The molecule has 0 saturated carbocycles. The van der Waals surface area contributed by atoms with E-state index in [-0.39, 0.29) is 11.5 Å². The average Bonchev–Trinajstić information content (AvgIpc) is 2.95. The van der Waals surface area contributed by atoms with Crippen molar-refractivity contribution >= 4 is 11.3 Å². The number of rotatable bonds is 4. The second kappa shape index (κ2) is 5.20. The lowest BCUT2D eigenvalue weighted by atomic mass is 9.93. The molecule has 0 aliphatic rings. The van der Waals surface area contributed by atoms with Crippen LogP contribution >= 0.6 is 11.3 Å². The van der Waals surface area contributed by atoms with Gasteiger partial charge in [0.1, 0.15) is 5.82 Å². The molecule has 0 saturated heterocycles. The molecule has 2 rings (SSSR count). The first kappa shape index (κ1) is 13.2. The van der Waals surface area contributed by atoms with Gasteiger partial charge in [-0.25, -0.2) is 9.97 Å². The fourth-order valence-electron chi connectivity index (χ4n) is 1.73. The van der Waals surface area contributed by atoms with E-state index >= 15 is 0 Å². The Bertz CT molecular complexity index is 481. The van der Waals surface area contributed by atoms with Gasteiger partial charge < -0.3 is 10.3 Å². The lowest BCUT2D eigenvalue weighted by Gasteiger charge is -2.15. The van der Waals surface area contributed by atoms with Crippen LogP contribution in [-0.2, 0) is 11.8 Å². The van der Waals surface area contributed by atoms with Crippen LogP contribution < -0.4 is 5.32 Å². The third kappa shape index (κ3) is 2.97. The first-order valence-corrected chi connectivity index (χ1v) is 7.00. The minimum absolute atomic E-state index is 0.120. The molecule has 0 radical (unpaired) electrons. The molecular weight excluding hydrogens is 244 g/mol. The topological polar surface area (TPSA) is 53.6 Å². The van der Waals surface area contributed by atoms with Crippen molar-refractivity contribution in [1.29, 1.82) is 0 Å². The summed E-state index contributed by atoms with van der Waals surface area (Å²) in [7, 11) is 1.95. The maximum atomic E-state index is 4.72. The average molecular weight is 264 g/mol. The van der Waals surface area contributed by atoms with Crippen LogP contribution in [0.3, 0.4) is 0 Å². The number of aromatic nitrogens is 3. The Morgan fingerprint density at radius 3 is 2.72 bits per heavy atom. The van der Waals surface area contributed by atoms with Crippen LogP contribution in [0.2, 0.25) is 0 Å². The highest BCUT2D eigenvalue weighted by Gasteiger charge is 2.19. The predicted molar refractivity (Wildman–Crippen MR) is 74.9 cm³/mol. The smallest absolute Gasteiger partial charge is 0.123 e. The monoisotopic (exact) mass is 264 g/mol. The van der Waals surface area contributed by atoms with Gasteiger partial charge in [0.2, 0.25) is 0 Å². The van der Waals surface area contributed by atoms with E-state index in [9.17, 15) is 0 Å². The van der Waals surface area contributed by atoms with Crippen LogP contribution in [0.5, 0.6) is 0 Å². The molecule has 1 atom stereocenters. The molecule has 0 aliphatic heterocycles. The van der Waals surface area contributed by atoms with Crippen molar-refractivity contribution in [3.05, 3.63) is 34.3 Å². The molecule has 0 spiro atoms. The summed E-state index contributed by atoms with van der Waals surface area (Å²) in [6.45, 7) is 6.57. The first-order chi connectivity index (χ1) is 8.50. The summed E-state index contributed by atoms with van der Waals surface area (Å²) in [4.78, 5) is 12.2. The van der Waals surface area contributed by atoms with Gasteiger partial charge in [-0.2, -0.15) is 0 Å². The summed E-state index contributed by atoms with van der Waals surface area (Å²) >= 11 is 1.72. The van der Waals surface area contributed by atoms with Crippen molar-refractivity contribution in [3.8, 4) is 0 Å². The number of imidazole rings is 1. The van der Waals surface area contributed by atoms with Crippen molar-refractivity contribution < 1.29 is 0 Å². The minimum atomic E-state index is 0.120. The fraction of sp³-hybridized carbons (Fsp3) is 0.538. The number of nitrogens with zero attached hydrogens (tertiary/aromatic N) is 2. The molecular formula is C13H20N4S. The molecule has 18 heavy (non-hydrogen) atoms. The van der Waals surface area contributed by atoms with Crippen LogP contribution in [0.25, 0.3) is 0 Å². The van der Waals surface area contributed by atoms with E-state index in [0.29, 0.717) is 0 Å². The SMILES string of the molecule is CNC(Cc1nc(C(C)(C)C)cs1)c1ncc[nH]1. The number of H-pyrrole nitrogens is 1. The summed E-state index contributed by atoms with van der Waals surface area (Å²) in [6, 6.07) is 0.193. The number of hydrogen-bond donors (Lipinski definition) is 2. The maximum absolute atomic E-state index is 4.72. The van der Waals surface area contributed by atoms with Gasteiger partial charge in [0.15, 0.2) is 0 Å². The zero-order chi connectivity index (χ0) is 13.2. The Hall–Kier alpha value is -1.20. The molecule has 98 valence electrons. The van der Waals surface area contributed by atoms with Gasteiger partial charge in [-0.05, 0) is 7.05 Å². The Labute approximate surface area is 112 Å². The molecule has 1 unspecified atom stereocenters. The molecule has 4 nitrogen and oxygen atoms in total. The Morgan fingerprint density at radius 2 is 2.22 bits per heavy atom. The number of thiazole rings is 1. The van der Waals surface area contributed by atoms with Crippen LogP contribution in [-0.4, -0.2) is 22.0 Å². The van der Waals surface area contributed by atoms with E-state index in [1.165, 1.54) is 0 Å². The molecule has 2 N–H and O–H groups in total. The van der Waals surface area contributed by atoms with Crippen molar-refractivity contribution in [2.24, 2.45) is 0 Å². The van der Waals surface area contributed by atoms with Crippen LogP contribution in [0, 0.1) is 0 Å². The Balaban J connectivity index is 2.11. The summed E-state index contributed by atoms with van der Waals surface area (Å²) < 4.78 is 0. The summed E-state index contributed by atoms with van der Waals surface area (Å²) in [5.41, 5.74) is 1.28. The normalized spacial score (nSPS) is 13.8.